The average Bonchev–Trinajstić information content (AvgIpc) is 3.19. The van der Waals surface area contributed by atoms with Crippen molar-refractivity contribution < 1.29 is 23.5 Å². The van der Waals surface area contributed by atoms with Gasteiger partial charge in [0.25, 0.3) is 11.8 Å². The van der Waals surface area contributed by atoms with Crippen molar-refractivity contribution in [3.63, 3.8) is 0 Å². The maximum Gasteiger partial charge on any atom is 0.273 e. The van der Waals surface area contributed by atoms with Gasteiger partial charge in [0.15, 0.2) is 5.69 Å². The number of nitrogens with one attached hydrogen (secondary N) is 1. The van der Waals surface area contributed by atoms with Crippen LogP contribution in [-0.2, 0) is 16.0 Å². The van der Waals surface area contributed by atoms with Crippen LogP contribution in [0.3, 0.4) is 0 Å². The summed E-state index contributed by atoms with van der Waals surface area (Å²) in [5.74, 6) is -0.123. The summed E-state index contributed by atoms with van der Waals surface area (Å²) in [6, 6.07) is 7.40. The van der Waals surface area contributed by atoms with Gasteiger partial charge in [-0.25, -0.2) is 4.98 Å². The van der Waals surface area contributed by atoms with E-state index >= 15 is 0 Å². The standard InChI is InChI=1S/C21H29N3O5/c1-16-6-8-17(9-7-16)21(26)24(11-5-13-28-3)14-19-23-18(15-29-19)20(25)22-10-4-12-27-2/h6-9,15H,4-5,10-14H2,1-3H3,(H,22,25). The number of methoxy groups -OCH3 is 2. The van der Waals surface area contributed by atoms with Gasteiger partial charge < -0.3 is 24.1 Å². The largest absolute Gasteiger partial charge is 0.446 e. The second-order valence-electron chi connectivity index (χ2n) is 6.67. The predicted octanol–water partition coefficient (Wildman–Crippen LogP) is 2.43. The first-order valence-corrected chi connectivity index (χ1v) is 9.61. The van der Waals surface area contributed by atoms with Crippen LogP contribution >= 0.6 is 0 Å². The van der Waals surface area contributed by atoms with Gasteiger partial charge in [-0.15, -0.1) is 0 Å². The first-order valence-electron chi connectivity index (χ1n) is 9.61. The molecule has 0 unspecified atom stereocenters. The van der Waals surface area contributed by atoms with E-state index in [4.69, 9.17) is 13.9 Å². The Bertz CT molecular complexity index is 773. The van der Waals surface area contributed by atoms with E-state index in [0.717, 1.165) is 5.56 Å². The van der Waals surface area contributed by atoms with Gasteiger partial charge in [-0.3, -0.25) is 9.59 Å². The number of hydrogen-bond acceptors (Lipinski definition) is 6. The maximum atomic E-state index is 12.9. The summed E-state index contributed by atoms with van der Waals surface area (Å²) in [5.41, 5.74) is 1.87. The van der Waals surface area contributed by atoms with Gasteiger partial charge >= 0.3 is 0 Å². The fraction of sp³-hybridized carbons (Fsp3) is 0.476. The molecule has 0 bridgehead atoms. The summed E-state index contributed by atoms with van der Waals surface area (Å²) in [7, 11) is 3.24. The molecule has 0 spiro atoms. The molecule has 0 saturated carbocycles. The second kappa shape index (κ2) is 12.0. The highest BCUT2D eigenvalue weighted by Crippen LogP contribution is 2.12. The highest BCUT2D eigenvalue weighted by Gasteiger charge is 2.19. The molecular formula is C21H29N3O5. The Morgan fingerprint density at radius 1 is 1.10 bits per heavy atom. The van der Waals surface area contributed by atoms with E-state index in [1.807, 2.05) is 19.1 Å². The Kier molecular flexibility index (Phi) is 9.33. The normalized spacial score (nSPS) is 10.7. The van der Waals surface area contributed by atoms with Gasteiger partial charge in [0.05, 0.1) is 6.54 Å². The minimum atomic E-state index is -0.313. The number of amides is 2. The monoisotopic (exact) mass is 403 g/mol. The molecule has 1 aromatic carbocycles. The highest BCUT2D eigenvalue weighted by molar-refractivity contribution is 5.94. The zero-order valence-corrected chi connectivity index (χ0v) is 17.3. The van der Waals surface area contributed by atoms with E-state index in [1.165, 1.54) is 6.26 Å². The molecule has 8 nitrogen and oxygen atoms in total. The van der Waals surface area contributed by atoms with E-state index in [1.54, 1.807) is 31.3 Å². The summed E-state index contributed by atoms with van der Waals surface area (Å²) >= 11 is 0. The molecular weight excluding hydrogens is 374 g/mol. The zero-order valence-electron chi connectivity index (χ0n) is 17.3. The Morgan fingerprint density at radius 3 is 2.48 bits per heavy atom. The Morgan fingerprint density at radius 2 is 1.79 bits per heavy atom. The minimum absolute atomic E-state index is 0.120. The van der Waals surface area contributed by atoms with Crippen molar-refractivity contribution in [3.8, 4) is 0 Å². The van der Waals surface area contributed by atoms with E-state index in [-0.39, 0.29) is 24.1 Å². The third kappa shape index (κ3) is 7.32. The van der Waals surface area contributed by atoms with Crippen LogP contribution < -0.4 is 5.32 Å². The number of rotatable bonds is 12. The van der Waals surface area contributed by atoms with Crippen molar-refractivity contribution in [2.45, 2.75) is 26.3 Å². The molecule has 0 aliphatic heterocycles. The minimum Gasteiger partial charge on any atom is -0.446 e. The zero-order chi connectivity index (χ0) is 21.1. The lowest BCUT2D eigenvalue weighted by Gasteiger charge is -2.21. The van der Waals surface area contributed by atoms with Crippen LogP contribution in [0, 0.1) is 6.92 Å². The van der Waals surface area contributed by atoms with Gasteiger partial charge in [-0.1, -0.05) is 17.7 Å². The summed E-state index contributed by atoms with van der Waals surface area (Å²) < 4.78 is 15.5. The smallest absolute Gasteiger partial charge is 0.273 e. The number of benzene rings is 1. The number of ether oxygens (including phenoxy) is 2. The van der Waals surface area contributed by atoms with Gasteiger partial charge in [-0.2, -0.15) is 0 Å². The number of nitrogens with zero attached hydrogens (tertiary/aromatic N) is 2. The van der Waals surface area contributed by atoms with Crippen molar-refractivity contribution in [1.82, 2.24) is 15.2 Å². The Labute approximate surface area is 171 Å². The molecule has 0 radical (unpaired) electrons. The molecule has 1 heterocycles. The lowest BCUT2D eigenvalue weighted by Crippen LogP contribution is -2.32. The third-order valence-corrected chi connectivity index (χ3v) is 4.28. The van der Waals surface area contributed by atoms with Crippen LogP contribution in [0.4, 0.5) is 0 Å². The first kappa shape index (κ1) is 22.6. The SMILES string of the molecule is COCCCNC(=O)c1coc(CN(CCCOC)C(=O)c2ccc(C)cc2)n1. The van der Waals surface area contributed by atoms with Crippen LogP contribution in [0.5, 0.6) is 0 Å². The van der Waals surface area contributed by atoms with Gasteiger partial charge in [0, 0.05) is 46.1 Å². The number of hydrogen-bond donors (Lipinski definition) is 1. The summed E-state index contributed by atoms with van der Waals surface area (Å²) in [6.45, 7) is 4.23. The van der Waals surface area contributed by atoms with E-state index < -0.39 is 0 Å². The van der Waals surface area contributed by atoms with Crippen molar-refractivity contribution in [2.75, 3.05) is 40.5 Å². The van der Waals surface area contributed by atoms with E-state index in [2.05, 4.69) is 10.3 Å². The molecule has 1 aromatic heterocycles. The molecule has 0 fully saturated rings. The topological polar surface area (TPSA) is 93.9 Å². The molecule has 2 rings (SSSR count). The lowest BCUT2D eigenvalue weighted by molar-refractivity contribution is 0.0708. The van der Waals surface area contributed by atoms with Gasteiger partial charge in [-0.05, 0) is 31.9 Å². The predicted molar refractivity (Wildman–Crippen MR) is 108 cm³/mol. The number of carbonyl (C=O) groups is 2. The highest BCUT2D eigenvalue weighted by atomic mass is 16.5. The summed E-state index contributed by atoms with van der Waals surface area (Å²) in [5, 5.41) is 2.76. The summed E-state index contributed by atoms with van der Waals surface area (Å²) in [4.78, 5) is 30.9. The number of carbonyl (C=O) groups excluding carboxylic acids is 2. The van der Waals surface area contributed by atoms with Crippen LogP contribution in [-0.4, -0.2) is 62.2 Å². The van der Waals surface area contributed by atoms with E-state index in [9.17, 15) is 9.59 Å². The Hall–Kier alpha value is -2.71. The van der Waals surface area contributed by atoms with Crippen molar-refractivity contribution >= 4 is 11.8 Å². The Balaban J connectivity index is 2.02. The van der Waals surface area contributed by atoms with Crippen molar-refractivity contribution in [1.29, 1.82) is 0 Å². The number of oxazole rings is 1. The van der Waals surface area contributed by atoms with Crippen molar-refractivity contribution in [2.24, 2.45) is 0 Å². The molecule has 8 heteroatoms. The number of aryl methyl sites for hydroxylation is 1. The molecule has 0 saturated heterocycles. The molecule has 0 aliphatic carbocycles. The van der Waals surface area contributed by atoms with Crippen LogP contribution in [0.25, 0.3) is 0 Å². The third-order valence-electron chi connectivity index (χ3n) is 4.28. The molecule has 2 amide bonds. The molecule has 158 valence electrons. The molecule has 1 N–H and O–H groups in total. The van der Waals surface area contributed by atoms with Crippen molar-refractivity contribution in [3.05, 3.63) is 53.2 Å². The average molecular weight is 403 g/mol. The van der Waals surface area contributed by atoms with Crippen LogP contribution in [0.15, 0.2) is 34.9 Å². The van der Waals surface area contributed by atoms with Gasteiger partial charge in [0.2, 0.25) is 5.89 Å². The van der Waals surface area contributed by atoms with Gasteiger partial charge in [0.1, 0.15) is 6.26 Å². The fourth-order valence-corrected chi connectivity index (χ4v) is 2.69. The van der Waals surface area contributed by atoms with E-state index in [0.29, 0.717) is 50.6 Å². The molecule has 29 heavy (non-hydrogen) atoms. The first-order chi connectivity index (χ1) is 14.0. The molecule has 0 atom stereocenters. The molecule has 2 aromatic rings. The summed E-state index contributed by atoms with van der Waals surface area (Å²) in [6.07, 6.45) is 2.71. The number of aromatic nitrogens is 1. The maximum absolute atomic E-state index is 12.9. The quantitative estimate of drug-likeness (QED) is 0.547. The lowest BCUT2D eigenvalue weighted by atomic mass is 10.1. The van der Waals surface area contributed by atoms with Crippen LogP contribution in [0.1, 0.15) is 45.1 Å². The van der Waals surface area contributed by atoms with Crippen LogP contribution in [0.2, 0.25) is 0 Å². The fourth-order valence-electron chi connectivity index (χ4n) is 2.69. The molecule has 0 aliphatic rings. The second-order valence-corrected chi connectivity index (χ2v) is 6.67.